The number of amides is 1. The summed E-state index contributed by atoms with van der Waals surface area (Å²) in [6.07, 6.45) is 4.57. The highest BCUT2D eigenvalue weighted by Gasteiger charge is 2.26. The number of piperidine rings is 1. The van der Waals surface area contributed by atoms with Gasteiger partial charge in [0.1, 0.15) is 0 Å². The first kappa shape index (κ1) is 38.5. The van der Waals surface area contributed by atoms with Crippen LogP contribution in [0.4, 0.5) is 5.69 Å². The molecule has 10 heteroatoms. The third-order valence-corrected chi connectivity index (χ3v) is 12.9. The van der Waals surface area contributed by atoms with Crippen LogP contribution in [-0.4, -0.2) is 68.9 Å². The Morgan fingerprint density at radius 1 is 0.925 bits per heavy atom. The van der Waals surface area contributed by atoms with Gasteiger partial charge in [0, 0.05) is 61.4 Å². The largest absolute Gasteiger partial charge is 0.381 e. The van der Waals surface area contributed by atoms with E-state index in [1.54, 1.807) is 24.3 Å². The van der Waals surface area contributed by atoms with Crippen molar-refractivity contribution < 1.29 is 17.9 Å². The lowest BCUT2D eigenvalue weighted by Crippen LogP contribution is -2.40. The Labute approximate surface area is 314 Å². The van der Waals surface area contributed by atoms with E-state index in [2.05, 4.69) is 57.4 Å². The number of carbonyl (C=O) groups is 1. The third kappa shape index (κ3) is 9.47. The van der Waals surface area contributed by atoms with E-state index in [1.807, 2.05) is 39.0 Å². The van der Waals surface area contributed by atoms with Gasteiger partial charge in [-0.3, -0.25) is 14.5 Å². The highest BCUT2D eigenvalue weighted by atomic mass is 32.2. The number of H-pyrrole nitrogens is 1. The van der Waals surface area contributed by atoms with Crippen molar-refractivity contribution in [3.63, 3.8) is 0 Å². The topological polar surface area (TPSA) is 112 Å². The van der Waals surface area contributed by atoms with Crippen LogP contribution in [-0.2, 0) is 27.7 Å². The molecular weight excluding hydrogens is 685 g/mol. The number of aromatic nitrogens is 1. The minimum Gasteiger partial charge on any atom is -0.381 e. The molecule has 2 aliphatic heterocycles. The molecule has 9 nitrogen and oxygen atoms in total. The quantitative estimate of drug-likeness (QED) is 0.152. The Morgan fingerprint density at radius 3 is 2.28 bits per heavy atom. The number of pyridine rings is 1. The number of rotatable bonds is 13. The Hall–Kier alpha value is -4.25. The van der Waals surface area contributed by atoms with E-state index in [-0.39, 0.29) is 23.8 Å². The van der Waals surface area contributed by atoms with Crippen LogP contribution in [0.5, 0.6) is 0 Å². The van der Waals surface area contributed by atoms with Crippen LogP contribution >= 0.6 is 0 Å². The van der Waals surface area contributed by atoms with E-state index >= 15 is 0 Å². The maximum absolute atomic E-state index is 13.9. The molecule has 2 aliphatic rings. The number of anilines is 1. The molecule has 0 atom stereocenters. The number of benzene rings is 3. The van der Waals surface area contributed by atoms with Gasteiger partial charge in [-0.2, -0.15) is 0 Å². The van der Waals surface area contributed by atoms with Crippen LogP contribution in [0, 0.1) is 26.7 Å². The molecule has 4 aromatic rings. The Morgan fingerprint density at radius 2 is 1.62 bits per heavy atom. The zero-order chi connectivity index (χ0) is 37.5. The van der Waals surface area contributed by atoms with Gasteiger partial charge in [-0.15, -0.1) is 0 Å². The summed E-state index contributed by atoms with van der Waals surface area (Å²) in [6, 6.07) is 23.9. The van der Waals surface area contributed by atoms with E-state index in [1.165, 1.54) is 5.56 Å². The normalized spacial score (nSPS) is 16.1. The van der Waals surface area contributed by atoms with Crippen LogP contribution in [0.3, 0.4) is 0 Å². The second-order valence-corrected chi connectivity index (χ2v) is 16.9. The number of likely N-dealkylation sites (tertiary alicyclic amines) is 1. The number of aryl methyl sites for hydroxylation is 2. The van der Waals surface area contributed by atoms with Crippen LogP contribution in [0.25, 0.3) is 11.1 Å². The van der Waals surface area contributed by atoms with Crippen LogP contribution in [0.2, 0.25) is 0 Å². The number of carbonyl (C=O) groups excluding carboxylic acids is 1. The first-order valence-electron chi connectivity index (χ1n) is 19.1. The summed E-state index contributed by atoms with van der Waals surface area (Å²) in [6.45, 7) is 13.1. The second kappa shape index (κ2) is 17.3. The summed E-state index contributed by atoms with van der Waals surface area (Å²) in [5.41, 5.74) is 7.85. The summed E-state index contributed by atoms with van der Waals surface area (Å²) in [5, 5.41) is 3.05. The van der Waals surface area contributed by atoms with Crippen molar-refractivity contribution >= 4 is 21.4 Å². The molecule has 0 unspecified atom stereocenters. The zero-order valence-electron chi connectivity index (χ0n) is 31.6. The summed E-state index contributed by atoms with van der Waals surface area (Å²) >= 11 is 0. The van der Waals surface area contributed by atoms with Gasteiger partial charge in [-0.05, 0) is 137 Å². The molecule has 3 aromatic carbocycles. The number of sulfone groups is 1. The Bertz CT molecular complexity index is 2030. The first-order chi connectivity index (χ1) is 25.5. The molecule has 0 bridgehead atoms. The van der Waals surface area contributed by atoms with E-state index in [0.717, 1.165) is 98.7 Å². The molecule has 282 valence electrons. The predicted octanol–water partition coefficient (Wildman–Crippen LogP) is 6.98. The monoisotopic (exact) mass is 738 g/mol. The SMILES string of the molecule is CCN(c1cc(-c2ccc(CN3CCC(CCS(=O)(=O)c4ccccc4)CC3)cc2)cc(C(=O)NCc2c(C)cc(C)[nH]c2=O)c1C)C1CCOCC1. The molecular formula is C43H54N4O5S. The van der Waals surface area contributed by atoms with Gasteiger partial charge >= 0.3 is 0 Å². The molecule has 0 radical (unpaired) electrons. The lowest BCUT2D eigenvalue weighted by molar-refractivity contribution is 0.0846. The molecule has 2 N–H and O–H groups in total. The van der Waals surface area contributed by atoms with E-state index in [4.69, 9.17) is 4.74 Å². The summed E-state index contributed by atoms with van der Waals surface area (Å²) in [7, 11) is -3.25. The fourth-order valence-electron chi connectivity index (χ4n) is 7.95. The van der Waals surface area contributed by atoms with Crippen LogP contribution < -0.4 is 15.8 Å². The minimum absolute atomic E-state index is 0.148. The number of ether oxygens (including phenoxy) is 1. The van der Waals surface area contributed by atoms with Gasteiger partial charge in [-0.1, -0.05) is 42.5 Å². The van der Waals surface area contributed by atoms with Gasteiger partial charge in [0.2, 0.25) is 0 Å². The fraction of sp³-hybridized carbons (Fsp3) is 0.442. The highest BCUT2D eigenvalue weighted by Crippen LogP contribution is 2.34. The maximum Gasteiger partial charge on any atom is 0.253 e. The molecule has 3 heterocycles. The molecule has 2 fully saturated rings. The van der Waals surface area contributed by atoms with Gasteiger partial charge in [0.25, 0.3) is 11.5 Å². The van der Waals surface area contributed by atoms with Crippen molar-refractivity contribution in [1.82, 2.24) is 15.2 Å². The average Bonchev–Trinajstić information content (AvgIpc) is 3.16. The van der Waals surface area contributed by atoms with Crippen molar-refractivity contribution in [3.8, 4) is 11.1 Å². The molecule has 1 amide bonds. The van der Waals surface area contributed by atoms with Gasteiger partial charge in [-0.25, -0.2) is 8.42 Å². The lowest BCUT2D eigenvalue weighted by atomic mass is 9.93. The van der Waals surface area contributed by atoms with Crippen LogP contribution in [0.15, 0.2) is 82.5 Å². The third-order valence-electron chi connectivity index (χ3n) is 11.1. The smallest absolute Gasteiger partial charge is 0.253 e. The van der Waals surface area contributed by atoms with Crippen molar-refractivity contribution in [2.75, 3.05) is 43.5 Å². The summed E-state index contributed by atoms with van der Waals surface area (Å²) in [4.78, 5) is 34.7. The number of hydrogen-bond donors (Lipinski definition) is 2. The zero-order valence-corrected chi connectivity index (χ0v) is 32.4. The Balaban J connectivity index is 1.16. The molecule has 0 saturated carbocycles. The molecule has 6 rings (SSSR count). The molecule has 2 saturated heterocycles. The fourth-order valence-corrected chi connectivity index (χ4v) is 9.40. The highest BCUT2D eigenvalue weighted by molar-refractivity contribution is 7.91. The number of nitrogens with one attached hydrogen (secondary N) is 2. The second-order valence-electron chi connectivity index (χ2n) is 14.8. The standard InChI is InChI=1S/C43H54N4O5S/c1-5-47(37-17-22-52-23-18-37)41-27-36(26-39(32(41)4)42(48)44-28-40-30(2)25-31(3)45-43(40)49)35-13-11-34(12-14-35)29-46-20-15-33(16-21-46)19-24-53(50,51)38-9-7-6-8-10-38/h6-14,25-27,33,37H,5,15-24,28-29H2,1-4H3,(H,44,48)(H,45,49). The van der Waals surface area contributed by atoms with Gasteiger partial charge in [0.05, 0.1) is 10.6 Å². The van der Waals surface area contributed by atoms with Crippen molar-refractivity contribution in [1.29, 1.82) is 0 Å². The number of aromatic amines is 1. The Kier molecular flexibility index (Phi) is 12.5. The number of nitrogens with zero attached hydrogens (tertiary/aromatic N) is 2. The van der Waals surface area contributed by atoms with Crippen molar-refractivity contribution in [2.24, 2.45) is 5.92 Å². The molecule has 0 spiro atoms. The molecule has 53 heavy (non-hydrogen) atoms. The summed E-state index contributed by atoms with van der Waals surface area (Å²) < 4.78 is 31.2. The molecule has 0 aliphatic carbocycles. The first-order valence-corrected chi connectivity index (χ1v) is 20.7. The van der Waals surface area contributed by atoms with E-state index < -0.39 is 9.84 Å². The van der Waals surface area contributed by atoms with E-state index in [0.29, 0.717) is 34.4 Å². The predicted molar refractivity (Wildman–Crippen MR) is 212 cm³/mol. The van der Waals surface area contributed by atoms with E-state index in [9.17, 15) is 18.0 Å². The maximum atomic E-state index is 13.9. The van der Waals surface area contributed by atoms with Gasteiger partial charge < -0.3 is 19.9 Å². The lowest BCUT2D eigenvalue weighted by Gasteiger charge is -2.37. The van der Waals surface area contributed by atoms with Gasteiger partial charge in [0.15, 0.2) is 9.84 Å². The van der Waals surface area contributed by atoms with Crippen LogP contribution in [0.1, 0.15) is 77.3 Å². The van der Waals surface area contributed by atoms with Crippen molar-refractivity contribution in [2.45, 2.75) is 83.8 Å². The number of hydrogen-bond acceptors (Lipinski definition) is 7. The summed E-state index contributed by atoms with van der Waals surface area (Å²) in [5.74, 6) is 0.412. The average molecular weight is 739 g/mol. The minimum atomic E-state index is -3.25. The molecule has 1 aromatic heterocycles. The van der Waals surface area contributed by atoms with Crippen molar-refractivity contribution in [3.05, 3.63) is 117 Å².